The number of carbonyl (C=O) groups excluding carboxylic acids is 3. The zero-order valence-corrected chi connectivity index (χ0v) is 20.8. The molecule has 3 heterocycles. The molecule has 0 radical (unpaired) electrons. The van der Waals surface area contributed by atoms with Crippen molar-refractivity contribution in [2.24, 2.45) is 5.73 Å². The standard InChI is InChI=1S/C17H20N2O3S.C9H11NO2/c1-12(20)15-11-23-17(18-15)13-6-8-19(9-7-13)16(21)5-4-14-3-2-10-22-14;1-6-4-7(5-9(10)12)2-3-8(6)11/h2-3,10-11,13H,4-9H2,1H3;2-4,11H,5H2,1H3,(H2,10,12). The number of aryl methyl sites for hydroxylation is 2. The largest absolute Gasteiger partial charge is 0.508 e. The van der Waals surface area contributed by atoms with Gasteiger partial charge in [-0.3, -0.25) is 14.4 Å². The van der Waals surface area contributed by atoms with Crippen molar-refractivity contribution in [3.8, 4) is 5.75 Å². The lowest BCUT2D eigenvalue weighted by atomic mass is 9.97. The van der Waals surface area contributed by atoms with Gasteiger partial charge >= 0.3 is 0 Å². The number of aromatic hydroxyl groups is 1. The number of phenolic OH excluding ortho intramolecular Hbond substituents is 1. The lowest BCUT2D eigenvalue weighted by molar-refractivity contribution is -0.132. The van der Waals surface area contributed by atoms with E-state index in [9.17, 15) is 14.4 Å². The predicted octanol–water partition coefficient (Wildman–Crippen LogP) is 4.01. The highest BCUT2D eigenvalue weighted by Gasteiger charge is 2.26. The van der Waals surface area contributed by atoms with Crippen molar-refractivity contribution >= 4 is 28.9 Å². The summed E-state index contributed by atoms with van der Waals surface area (Å²) in [4.78, 5) is 40.5. The summed E-state index contributed by atoms with van der Waals surface area (Å²) in [5, 5.41) is 12.0. The molecule has 0 atom stereocenters. The van der Waals surface area contributed by atoms with Crippen LogP contribution in [0.4, 0.5) is 0 Å². The summed E-state index contributed by atoms with van der Waals surface area (Å²) in [5.74, 6) is 1.29. The number of ketones is 1. The van der Waals surface area contributed by atoms with E-state index in [1.54, 1.807) is 49.6 Å². The Hall–Kier alpha value is -3.46. The number of aromatic nitrogens is 1. The van der Waals surface area contributed by atoms with Crippen LogP contribution in [-0.2, 0) is 22.4 Å². The number of phenols is 1. The van der Waals surface area contributed by atoms with E-state index in [0.29, 0.717) is 24.5 Å². The van der Waals surface area contributed by atoms with Gasteiger partial charge in [0.2, 0.25) is 11.8 Å². The molecule has 0 unspecified atom stereocenters. The van der Waals surface area contributed by atoms with Gasteiger partial charge in [-0.15, -0.1) is 11.3 Å². The number of hydrogen-bond donors (Lipinski definition) is 2. The molecular formula is C26H31N3O5S. The van der Waals surface area contributed by atoms with Crippen molar-refractivity contribution in [2.75, 3.05) is 13.1 Å². The highest BCUT2D eigenvalue weighted by atomic mass is 32.1. The maximum Gasteiger partial charge on any atom is 0.223 e. The second-order valence-electron chi connectivity index (χ2n) is 8.63. The van der Waals surface area contributed by atoms with Gasteiger partial charge in [-0.1, -0.05) is 12.1 Å². The van der Waals surface area contributed by atoms with E-state index in [-0.39, 0.29) is 29.8 Å². The van der Waals surface area contributed by atoms with Gasteiger partial charge in [0.1, 0.15) is 17.2 Å². The third kappa shape index (κ3) is 7.78. The van der Waals surface area contributed by atoms with E-state index in [0.717, 1.165) is 47.8 Å². The van der Waals surface area contributed by atoms with Crippen molar-refractivity contribution in [1.29, 1.82) is 0 Å². The summed E-state index contributed by atoms with van der Waals surface area (Å²) < 4.78 is 5.26. The predicted molar refractivity (Wildman–Crippen MR) is 133 cm³/mol. The molecule has 0 bridgehead atoms. The van der Waals surface area contributed by atoms with E-state index in [1.165, 1.54) is 0 Å². The van der Waals surface area contributed by atoms with Crippen LogP contribution in [0, 0.1) is 6.92 Å². The first-order valence-electron chi connectivity index (χ1n) is 11.6. The average Bonchev–Trinajstić information content (AvgIpc) is 3.53. The Kier molecular flexibility index (Phi) is 9.19. The number of thiazole rings is 1. The van der Waals surface area contributed by atoms with Gasteiger partial charge in [0, 0.05) is 44.2 Å². The second-order valence-corrected chi connectivity index (χ2v) is 9.52. The molecule has 8 nitrogen and oxygen atoms in total. The zero-order chi connectivity index (χ0) is 25.4. The third-order valence-electron chi connectivity index (χ3n) is 5.88. The summed E-state index contributed by atoms with van der Waals surface area (Å²) >= 11 is 1.55. The van der Waals surface area contributed by atoms with E-state index in [4.69, 9.17) is 15.3 Å². The number of amides is 2. The minimum atomic E-state index is -0.361. The number of nitrogens with zero attached hydrogens (tertiary/aromatic N) is 2. The van der Waals surface area contributed by atoms with Crippen molar-refractivity contribution in [1.82, 2.24) is 9.88 Å². The number of furan rings is 1. The molecule has 186 valence electrons. The summed E-state index contributed by atoms with van der Waals surface area (Å²) in [7, 11) is 0. The number of carbonyl (C=O) groups is 3. The fourth-order valence-corrected chi connectivity index (χ4v) is 4.91. The Morgan fingerprint density at radius 3 is 2.54 bits per heavy atom. The monoisotopic (exact) mass is 497 g/mol. The molecular weight excluding hydrogens is 466 g/mol. The van der Waals surface area contributed by atoms with Crippen molar-refractivity contribution in [3.05, 3.63) is 69.6 Å². The first-order valence-corrected chi connectivity index (χ1v) is 12.4. The van der Waals surface area contributed by atoms with Crippen LogP contribution in [0.5, 0.6) is 5.75 Å². The Balaban J connectivity index is 0.000000241. The molecule has 0 saturated carbocycles. The minimum absolute atomic E-state index is 0.0121. The molecule has 35 heavy (non-hydrogen) atoms. The van der Waals surface area contributed by atoms with Crippen LogP contribution < -0.4 is 5.73 Å². The lowest BCUT2D eigenvalue weighted by Crippen LogP contribution is -2.38. The molecule has 0 spiro atoms. The van der Waals surface area contributed by atoms with E-state index < -0.39 is 0 Å². The molecule has 0 aliphatic carbocycles. The normalized spacial score (nSPS) is 13.7. The molecule has 1 fully saturated rings. The molecule has 2 amide bonds. The van der Waals surface area contributed by atoms with Gasteiger partial charge in [0.15, 0.2) is 5.78 Å². The Morgan fingerprint density at radius 1 is 1.23 bits per heavy atom. The number of rotatable bonds is 7. The number of hydrogen-bond acceptors (Lipinski definition) is 7. The zero-order valence-electron chi connectivity index (χ0n) is 20.0. The maximum absolute atomic E-state index is 12.3. The second kappa shape index (κ2) is 12.3. The minimum Gasteiger partial charge on any atom is -0.508 e. The summed E-state index contributed by atoms with van der Waals surface area (Å²) in [6.45, 7) is 4.84. The number of likely N-dealkylation sites (tertiary alicyclic amines) is 1. The van der Waals surface area contributed by atoms with Gasteiger partial charge in [0.05, 0.1) is 17.7 Å². The molecule has 2 aromatic heterocycles. The van der Waals surface area contributed by atoms with Crippen LogP contribution in [-0.4, -0.2) is 45.7 Å². The first kappa shape index (κ1) is 26.2. The van der Waals surface area contributed by atoms with E-state index in [1.807, 2.05) is 22.4 Å². The molecule has 1 aliphatic rings. The number of benzene rings is 1. The van der Waals surface area contributed by atoms with Crippen molar-refractivity contribution < 1.29 is 23.9 Å². The van der Waals surface area contributed by atoms with Gasteiger partial charge in [-0.2, -0.15) is 0 Å². The number of Topliss-reactive ketones (excluding diaryl/α,β-unsaturated/α-hetero) is 1. The van der Waals surface area contributed by atoms with Gasteiger partial charge in [0.25, 0.3) is 0 Å². The SMILES string of the molecule is CC(=O)c1csc(C2CCN(C(=O)CCc3ccco3)CC2)n1.Cc1cc(CC(N)=O)ccc1O. The summed E-state index contributed by atoms with van der Waals surface area (Å²) in [6, 6.07) is 8.74. The van der Waals surface area contributed by atoms with Crippen molar-refractivity contribution in [2.45, 2.75) is 51.9 Å². The van der Waals surface area contributed by atoms with E-state index in [2.05, 4.69) is 4.98 Å². The van der Waals surface area contributed by atoms with Crippen LogP contribution in [0.15, 0.2) is 46.4 Å². The van der Waals surface area contributed by atoms with Gasteiger partial charge < -0.3 is 20.2 Å². The highest BCUT2D eigenvalue weighted by Crippen LogP contribution is 2.30. The smallest absolute Gasteiger partial charge is 0.223 e. The number of primary amides is 1. The Morgan fingerprint density at radius 2 is 1.97 bits per heavy atom. The van der Waals surface area contributed by atoms with Crippen LogP contribution in [0.2, 0.25) is 0 Å². The van der Waals surface area contributed by atoms with Crippen LogP contribution in [0.3, 0.4) is 0 Å². The molecule has 9 heteroatoms. The van der Waals surface area contributed by atoms with Crippen LogP contribution >= 0.6 is 11.3 Å². The quantitative estimate of drug-likeness (QED) is 0.475. The molecule has 3 aromatic rings. The van der Waals surface area contributed by atoms with Crippen LogP contribution in [0.25, 0.3) is 0 Å². The lowest BCUT2D eigenvalue weighted by Gasteiger charge is -2.31. The number of nitrogens with two attached hydrogens (primary N) is 1. The fraction of sp³-hybridized carbons (Fsp3) is 0.385. The van der Waals surface area contributed by atoms with Gasteiger partial charge in [-0.25, -0.2) is 4.98 Å². The molecule has 1 saturated heterocycles. The average molecular weight is 498 g/mol. The Labute approximate surface area is 208 Å². The summed E-state index contributed by atoms with van der Waals surface area (Å²) in [5.41, 5.74) is 7.16. The van der Waals surface area contributed by atoms with Gasteiger partial charge in [-0.05, 0) is 49.1 Å². The fourth-order valence-electron chi connectivity index (χ4n) is 3.88. The molecule has 1 aromatic carbocycles. The molecule has 1 aliphatic heterocycles. The highest BCUT2D eigenvalue weighted by molar-refractivity contribution is 7.09. The maximum atomic E-state index is 12.3. The summed E-state index contributed by atoms with van der Waals surface area (Å²) in [6.07, 6.45) is 4.83. The first-order chi connectivity index (χ1) is 16.7. The molecule has 3 N–H and O–H groups in total. The topological polar surface area (TPSA) is 127 Å². The van der Waals surface area contributed by atoms with E-state index >= 15 is 0 Å². The Bertz CT molecular complexity index is 1150. The molecule has 4 rings (SSSR count). The van der Waals surface area contributed by atoms with Crippen LogP contribution in [0.1, 0.15) is 64.5 Å². The number of piperidine rings is 1. The van der Waals surface area contributed by atoms with Crippen molar-refractivity contribution in [3.63, 3.8) is 0 Å². The third-order valence-corrected chi connectivity index (χ3v) is 6.89.